The Morgan fingerprint density at radius 1 is 1.08 bits per heavy atom. The summed E-state index contributed by atoms with van der Waals surface area (Å²) in [6, 6.07) is 13.2. The molecule has 3 rings (SSSR count). The van der Waals surface area contributed by atoms with Gasteiger partial charge in [-0.1, -0.05) is 53.6 Å². The molecule has 0 amide bonds. The number of thiocarbonyl (C=S) groups is 1. The fourth-order valence-corrected chi connectivity index (χ4v) is 3.31. The summed E-state index contributed by atoms with van der Waals surface area (Å²) >= 11 is 17.9. The Labute approximate surface area is 157 Å². The zero-order valence-corrected chi connectivity index (χ0v) is 15.3. The molecule has 0 radical (unpaired) electrons. The van der Waals surface area contributed by atoms with Crippen molar-refractivity contribution in [1.82, 2.24) is 4.90 Å². The van der Waals surface area contributed by atoms with Crippen LogP contribution in [-0.4, -0.2) is 36.2 Å². The molecule has 0 atom stereocenters. The van der Waals surface area contributed by atoms with E-state index in [1.165, 1.54) is 0 Å². The van der Waals surface area contributed by atoms with Crippen molar-refractivity contribution >= 4 is 40.4 Å². The molecule has 2 aromatic carbocycles. The Morgan fingerprint density at radius 3 is 2.46 bits per heavy atom. The largest absolute Gasteiger partial charge is 0.489 e. The van der Waals surface area contributed by atoms with Crippen molar-refractivity contribution in [2.24, 2.45) is 0 Å². The van der Waals surface area contributed by atoms with Crippen LogP contribution in [0.2, 0.25) is 10.0 Å². The third-order valence-corrected chi connectivity index (χ3v) is 5.03. The van der Waals surface area contributed by atoms with Crippen molar-refractivity contribution < 1.29 is 9.47 Å². The van der Waals surface area contributed by atoms with E-state index in [0.717, 1.165) is 35.0 Å². The third kappa shape index (κ3) is 4.19. The number of nitrogens with zero attached hydrogens (tertiary/aromatic N) is 1. The molecule has 0 unspecified atom stereocenters. The molecular weight excluding hydrogens is 365 g/mol. The molecule has 0 aromatic heterocycles. The summed E-state index contributed by atoms with van der Waals surface area (Å²) in [6.45, 7) is 3.37. The zero-order chi connectivity index (χ0) is 16.9. The van der Waals surface area contributed by atoms with E-state index in [1.54, 1.807) is 12.1 Å². The Bertz CT molecular complexity index is 712. The summed E-state index contributed by atoms with van der Waals surface area (Å²) in [5.74, 6) is 0.735. The number of ether oxygens (including phenoxy) is 2. The molecule has 24 heavy (non-hydrogen) atoms. The van der Waals surface area contributed by atoms with Gasteiger partial charge in [0.25, 0.3) is 0 Å². The summed E-state index contributed by atoms with van der Waals surface area (Å²) in [7, 11) is 0. The lowest BCUT2D eigenvalue weighted by molar-refractivity contribution is 0.0693. The maximum atomic E-state index is 6.18. The summed E-state index contributed by atoms with van der Waals surface area (Å²) in [5.41, 5.74) is 1.75. The molecule has 1 fully saturated rings. The second-order valence-electron chi connectivity index (χ2n) is 5.42. The van der Waals surface area contributed by atoms with E-state index in [2.05, 4.69) is 4.90 Å². The first-order chi connectivity index (χ1) is 11.6. The zero-order valence-electron chi connectivity index (χ0n) is 13.0. The molecule has 1 heterocycles. The van der Waals surface area contributed by atoms with Gasteiger partial charge in [0.05, 0.1) is 13.2 Å². The number of benzene rings is 2. The lowest BCUT2D eigenvalue weighted by atomic mass is 10.2. The molecule has 2 aromatic rings. The van der Waals surface area contributed by atoms with Gasteiger partial charge in [-0.05, 0) is 24.3 Å². The van der Waals surface area contributed by atoms with E-state index in [1.807, 2.05) is 30.3 Å². The van der Waals surface area contributed by atoms with E-state index in [4.69, 9.17) is 44.9 Å². The smallest absolute Gasteiger partial charge is 0.120 e. The van der Waals surface area contributed by atoms with Crippen molar-refractivity contribution in [3.05, 3.63) is 63.6 Å². The molecule has 1 aliphatic rings. The van der Waals surface area contributed by atoms with Crippen LogP contribution in [0.5, 0.6) is 5.75 Å². The molecule has 0 spiro atoms. The van der Waals surface area contributed by atoms with Crippen LogP contribution in [0.4, 0.5) is 0 Å². The molecule has 3 nitrogen and oxygen atoms in total. The topological polar surface area (TPSA) is 21.7 Å². The molecule has 126 valence electrons. The Balaban J connectivity index is 1.70. The first-order valence-corrected chi connectivity index (χ1v) is 8.84. The van der Waals surface area contributed by atoms with Crippen molar-refractivity contribution in [3.63, 3.8) is 0 Å². The van der Waals surface area contributed by atoms with Gasteiger partial charge in [-0.25, -0.2) is 0 Å². The number of hydrogen-bond acceptors (Lipinski definition) is 3. The number of morpholine rings is 1. The highest BCUT2D eigenvalue weighted by molar-refractivity contribution is 7.80. The standard InChI is InChI=1S/C18H17Cl2NO2S/c19-16-5-2-6-17(20)15(16)12-23-14-4-1-3-13(11-14)18(24)21-7-9-22-10-8-21/h1-6,11H,7-10,12H2. The fourth-order valence-electron chi connectivity index (χ4n) is 2.49. The van der Waals surface area contributed by atoms with Gasteiger partial charge in [0.15, 0.2) is 0 Å². The normalized spacial score (nSPS) is 14.5. The molecule has 1 aliphatic heterocycles. The van der Waals surface area contributed by atoms with Gasteiger partial charge in [0, 0.05) is 34.3 Å². The van der Waals surface area contributed by atoms with E-state index in [9.17, 15) is 0 Å². The Morgan fingerprint density at radius 2 is 1.75 bits per heavy atom. The van der Waals surface area contributed by atoms with Crippen LogP contribution < -0.4 is 4.74 Å². The van der Waals surface area contributed by atoms with Gasteiger partial charge >= 0.3 is 0 Å². The number of rotatable bonds is 4. The second-order valence-corrected chi connectivity index (χ2v) is 6.62. The van der Waals surface area contributed by atoms with Gasteiger partial charge in [-0.15, -0.1) is 0 Å². The summed E-state index contributed by atoms with van der Waals surface area (Å²) < 4.78 is 11.2. The lowest BCUT2D eigenvalue weighted by Gasteiger charge is -2.29. The van der Waals surface area contributed by atoms with Gasteiger partial charge in [0.2, 0.25) is 0 Å². The van der Waals surface area contributed by atoms with Crippen LogP contribution in [-0.2, 0) is 11.3 Å². The fraction of sp³-hybridized carbons (Fsp3) is 0.278. The van der Waals surface area contributed by atoms with Gasteiger partial charge in [-0.2, -0.15) is 0 Å². The first kappa shape index (κ1) is 17.5. The van der Waals surface area contributed by atoms with Crippen LogP contribution >= 0.6 is 35.4 Å². The van der Waals surface area contributed by atoms with Crippen molar-refractivity contribution in [3.8, 4) is 5.75 Å². The van der Waals surface area contributed by atoms with Crippen LogP contribution in [0.25, 0.3) is 0 Å². The molecule has 6 heteroatoms. The molecule has 0 aliphatic carbocycles. The average Bonchev–Trinajstić information content (AvgIpc) is 2.62. The van der Waals surface area contributed by atoms with Crippen LogP contribution in [0, 0.1) is 0 Å². The van der Waals surface area contributed by atoms with E-state index >= 15 is 0 Å². The monoisotopic (exact) mass is 381 g/mol. The summed E-state index contributed by atoms with van der Waals surface area (Å²) in [4.78, 5) is 2.97. The van der Waals surface area contributed by atoms with Crippen molar-refractivity contribution in [2.75, 3.05) is 26.3 Å². The SMILES string of the molecule is S=C(c1cccc(OCc2c(Cl)cccc2Cl)c1)N1CCOCC1. The van der Waals surface area contributed by atoms with Gasteiger partial charge in [0.1, 0.15) is 17.3 Å². The molecule has 1 saturated heterocycles. The van der Waals surface area contributed by atoms with Crippen molar-refractivity contribution in [2.45, 2.75) is 6.61 Å². The highest BCUT2D eigenvalue weighted by atomic mass is 35.5. The second kappa shape index (κ2) is 8.17. The minimum Gasteiger partial charge on any atom is -0.489 e. The quantitative estimate of drug-likeness (QED) is 0.722. The maximum absolute atomic E-state index is 6.18. The predicted octanol–water partition coefficient (Wildman–Crippen LogP) is 4.58. The van der Waals surface area contributed by atoms with E-state index in [0.29, 0.717) is 29.9 Å². The minimum atomic E-state index is 0.312. The van der Waals surface area contributed by atoms with Crippen molar-refractivity contribution in [1.29, 1.82) is 0 Å². The molecular formula is C18H17Cl2NO2S. The van der Waals surface area contributed by atoms with Crippen LogP contribution in [0.3, 0.4) is 0 Å². The number of hydrogen-bond donors (Lipinski definition) is 0. The highest BCUT2D eigenvalue weighted by Gasteiger charge is 2.15. The van der Waals surface area contributed by atoms with Gasteiger partial charge < -0.3 is 14.4 Å². The maximum Gasteiger partial charge on any atom is 0.120 e. The highest BCUT2D eigenvalue weighted by Crippen LogP contribution is 2.26. The number of halogens is 2. The Kier molecular flexibility index (Phi) is 5.95. The third-order valence-electron chi connectivity index (χ3n) is 3.82. The van der Waals surface area contributed by atoms with Crippen LogP contribution in [0.15, 0.2) is 42.5 Å². The minimum absolute atomic E-state index is 0.312. The molecule has 0 bridgehead atoms. The summed E-state index contributed by atoms with van der Waals surface area (Å²) in [5, 5.41) is 1.20. The Hall–Kier alpha value is -1.33. The first-order valence-electron chi connectivity index (χ1n) is 7.68. The summed E-state index contributed by atoms with van der Waals surface area (Å²) in [6.07, 6.45) is 0. The van der Waals surface area contributed by atoms with Gasteiger partial charge in [-0.3, -0.25) is 0 Å². The van der Waals surface area contributed by atoms with E-state index < -0.39 is 0 Å². The molecule has 0 N–H and O–H groups in total. The van der Waals surface area contributed by atoms with E-state index in [-0.39, 0.29) is 0 Å². The molecule has 0 saturated carbocycles. The lowest BCUT2D eigenvalue weighted by Crippen LogP contribution is -2.40. The van der Waals surface area contributed by atoms with Crippen LogP contribution in [0.1, 0.15) is 11.1 Å². The predicted molar refractivity (Wildman–Crippen MR) is 101 cm³/mol. The average molecular weight is 382 g/mol.